The zero-order valence-corrected chi connectivity index (χ0v) is 17.7. The van der Waals surface area contributed by atoms with E-state index in [1.807, 2.05) is 30.3 Å². The monoisotopic (exact) mass is 384 g/mol. The predicted octanol–water partition coefficient (Wildman–Crippen LogP) is 5.87. The molecule has 1 aromatic carbocycles. The number of nitrogens with one attached hydrogen (secondary N) is 1. The summed E-state index contributed by atoms with van der Waals surface area (Å²) in [6.45, 7) is 13.3. The zero-order valence-electron chi connectivity index (χ0n) is 17.7. The fourth-order valence-electron chi connectivity index (χ4n) is 2.72. The Morgan fingerprint density at radius 1 is 1.07 bits per heavy atom. The van der Waals surface area contributed by atoms with E-state index in [1.54, 1.807) is 25.2 Å². The van der Waals surface area contributed by atoms with E-state index in [0.29, 0.717) is 11.4 Å². The van der Waals surface area contributed by atoms with Crippen molar-refractivity contribution in [3.63, 3.8) is 0 Å². The minimum atomic E-state index is -0.487. The number of amides is 1. The van der Waals surface area contributed by atoms with E-state index in [4.69, 9.17) is 4.74 Å². The number of ether oxygens (including phenoxy) is 1. The molecule has 0 fully saturated rings. The van der Waals surface area contributed by atoms with Crippen molar-refractivity contribution in [3.05, 3.63) is 66.4 Å². The number of unbranched alkanes of at least 4 members (excludes halogenated alkanes) is 2. The molecule has 4 nitrogen and oxygen atoms in total. The normalized spacial score (nSPS) is 11.8. The molecule has 0 aromatic heterocycles. The zero-order chi connectivity index (χ0) is 20.6. The summed E-state index contributed by atoms with van der Waals surface area (Å²) >= 11 is 0. The van der Waals surface area contributed by atoms with Crippen LogP contribution in [-0.4, -0.2) is 30.6 Å². The van der Waals surface area contributed by atoms with Gasteiger partial charge in [0.1, 0.15) is 5.75 Å². The Balaban J connectivity index is 2.49. The summed E-state index contributed by atoms with van der Waals surface area (Å²) in [5, 5.41) is 2.69. The maximum Gasteiger partial charge on any atom is 0.416 e. The van der Waals surface area contributed by atoms with Crippen molar-refractivity contribution in [2.75, 3.05) is 19.6 Å². The van der Waals surface area contributed by atoms with Crippen molar-refractivity contribution >= 4 is 6.09 Å². The molecule has 28 heavy (non-hydrogen) atoms. The fourth-order valence-corrected chi connectivity index (χ4v) is 2.72. The van der Waals surface area contributed by atoms with Crippen LogP contribution in [0.1, 0.15) is 52.0 Å². The van der Waals surface area contributed by atoms with Gasteiger partial charge in [0.05, 0.1) is 0 Å². The van der Waals surface area contributed by atoms with Gasteiger partial charge in [-0.05, 0) is 63.0 Å². The number of carbonyl (C=O) groups excluding carboxylic acids is 1. The van der Waals surface area contributed by atoms with Crippen LogP contribution >= 0.6 is 0 Å². The molecule has 0 aliphatic rings. The topological polar surface area (TPSA) is 41.6 Å². The van der Waals surface area contributed by atoms with Crippen LogP contribution in [0.5, 0.6) is 5.75 Å². The van der Waals surface area contributed by atoms with Crippen LogP contribution < -0.4 is 10.1 Å². The predicted molar refractivity (Wildman–Crippen MR) is 119 cm³/mol. The largest absolute Gasteiger partial charge is 0.416 e. The van der Waals surface area contributed by atoms with Crippen LogP contribution in [0.3, 0.4) is 0 Å². The van der Waals surface area contributed by atoms with Gasteiger partial charge in [-0.2, -0.15) is 0 Å². The first-order chi connectivity index (χ1) is 13.6. The van der Waals surface area contributed by atoms with Gasteiger partial charge in [0, 0.05) is 12.2 Å². The Hall–Kier alpha value is -2.33. The Kier molecular flexibility index (Phi) is 12.4. The molecule has 0 spiro atoms. The van der Waals surface area contributed by atoms with Crippen LogP contribution in [0.15, 0.2) is 60.8 Å². The number of hydrogen-bond donors (Lipinski definition) is 1. The second-order valence-corrected chi connectivity index (χ2v) is 6.93. The molecule has 0 heterocycles. The first kappa shape index (κ1) is 23.7. The summed E-state index contributed by atoms with van der Waals surface area (Å²) in [5.74, 6) is 0.546. The van der Waals surface area contributed by atoms with Crippen molar-refractivity contribution in [2.24, 2.45) is 0 Å². The van der Waals surface area contributed by atoms with Crippen molar-refractivity contribution in [1.82, 2.24) is 10.2 Å². The van der Waals surface area contributed by atoms with Crippen molar-refractivity contribution < 1.29 is 9.53 Å². The molecule has 0 bridgehead atoms. The number of nitrogens with zero attached hydrogens (tertiary/aromatic N) is 1. The van der Waals surface area contributed by atoms with E-state index in [-0.39, 0.29) is 0 Å². The lowest BCUT2D eigenvalue weighted by Gasteiger charge is -2.22. The maximum absolute atomic E-state index is 11.9. The molecule has 1 amide bonds. The molecule has 0 saturated heterocycles. The number of rotatable bonds is 13. The average molecular weight is 385 g/mol. The van der Waals surface area contributed by atoms with E-state index in [9.17, 15) is 4.79 Å². The van der Waals surface area contributed by atoms with Gasteiger partial charge in [-0.3, -0.25) is 5.32 Å². The molecule has 0 aliphatic heterocycles. The molecule has 1 rings (SSSR count). The molecule has 0 unspecified atom stereocenters. The molecule has 1 aromatic rings. The molecular weight excluding hydrogens is 348 g/mol. The Labute approximate surface area is 171 Å². The van der Waals surface area contributed by atoms with Gasteiger partial charge in [0.25, 0.3) is 0 Å². The minimum absolute atomic E-state index is 0.487. The maximum atomic E-state index is 11.9. The summed E-state index contributed by atoms with van der Waals surface area (Å²) in [6.07, 6.45) is 12.6. The fraction of sp³-hybridized carbons (Fsp3) is 0.458. The summed E-state index contributed by atoms with van der Waals surface area (Å²) in [6, 6.07) is 7.79. The molecular formula is C24H36N2O2. The lowest BCUT2D eigenvalue weighted by molar-refractivity contribution is 0.203. The Bertz CT molecular complexity index is 625. The van der Waals surface area contributed by atoms with Crippen LogP contribution in [0.2, 0.25) is 0 Å². The van der Waals surface area contributed by atoms with Gasteiger partial charge >= 0.3 is 6.09 Å². The number of hydrogen-bond acceptors (Lipinski definition) is 3. The van der Waals surface area contributed by atoms with Crippen LogP contribution in [0, 0.1) is 0 Å². The molecule has 1 N–H and O–H groups in total. The second-order valence-electron chi connectivity index (χ2n) is 6.93. The molecule has 4 heteroatoms. The molecule has 0 saturated carbocycles. The van der Waals surface area contributed by atoms with E-state index in [2.05, 4.69) is 30.6 Å². The van der Waals surface area contributed by atoms with Gasteiger partial charge in [0.15, 0.2) is 0 Å². The highest BCUT2D eigenvalue weighted by Crippen LogP contribution is 2.14. The van der Waals surface area contributed by atoms with Crippen LogP contribution in [-0.2, 0) is 6.42 Å². The smallest absolute Gasteiger partial charge is 0.410 e. The number of carbonyl (C=O) groups is 1. The quantitative estimate of drug-likeness (QED) is 0.433. The summed E-state index contributed by atoms with van der Waals surface area (Å²) in [5.41, 5.74) is 1.97. The first-order valence-corrected chi connectivity index (χ1v) is 10.3. The highest BCUT2D eigenvalue weighted by atomic mass is 16.6. The lowest BCUT2D eigenvalue weighted by Crippen LogP contribution is -2.28. The van der Waals surface area contributed by atoms with Crippen LogP contribution in [0.4, 0.5) is 4.79 Å². The van der Waals surface area contributed by atoms with Crippen molar-refractivity contribution in [2.45, 2.75) is 52.9 Å². The van der Waals surface area contributed by atoms with Gasteiger partial charge in [0.2, 0.25) is 0 Å². The van der Waals surface area contributed by atoms with E-state index in [1.165, 1.54) is 44.3 Å². The third kappa shape index (κ3) is 10.7. The summed E-state index contributed by atoms with van der Waals surface area (Å²) in [4.78, 5) is 14.5. The van der Waals surface area contributed by atoms with Gasteiger partial charge in [-0.1, -0.05) is 63.6 Å². The van der Waals surface area contributed by atoms with E-state index >= 15 is 0 Å². The standard InChI is InChI=1S/C24H36N2O2/c1-5-8-11-12-21(4)25-24(27)28-23-15-13-22(14-16-23)17-20-26(18-9-6-2)19-10-7-3/h5,8,11-16H,1,6-7,9-10,17-20H2,2-4H3,(H,25,27)/b11-8-,21-12+. The van der Waals surface area contributed by atoms with E-state index < -0.39 is 6.09 Å². The second kappa shape index (κ2) is 14.7. The molecule has 0 atom stereocenters. The van der Waals surface area contributed by atoms with Gasteiger partial charge in [-0.15, -0.1) is 0 Å². The molecule has 154 valence electrons. The number of benzene rings is 1. The van der Waals surface area contributed by atoms with Crippen molar-refractivity contribution in [3.8, 4) is 5.75 Å². The van der Waals surface area contributed by atoms with Gasteiger partial charge < -0.3 is 9.64 Å². The average Bonchev–Trinajstić information content (AvgIpc) is 2.68. The third-order valence-corrected chi connectivity index (χ3v) is 4.40. The Morgan fingerprint density at radius 2 is 1.71 bits per heavy atom. The van der Waals surface area contributed by atoms with E-state index in [0.717, 1.165) is 13.0 Å². The minimum Gasteiger partial charge on any atom is -0.410 e. The third-order valence-electron chi connectivity index (χ3n) is 4.40. The summed E-state index contributed by atoms with van der Waals surface area (Å²) in [7, 11) is 0. The molecule has 0 radical (unpaired) electrons. The van der Waals surface area contributed by atoms with Gasteiger partial charge in [-0.25, -0.2) is 4.79 Å². The number of allylic oxidation sites excluding steroid dienone is 5. The first-order valence-electron chi connectivity index (χ1n) is 10.3. The highest BCUT2D eigenvalue weighted by Gasteiger charge is 2.07. The highest BCUT2D eigenvalue weighted by molar-refractivity contribution is 5.72. The SMILES string of the molecule is C=C/C=C\C=C(/C)NC(=O)Oc1ccc(CCN(CCCC)CCCC)cc1. The lowest BCUT2D eigenvalue weighted by atomic mass is 10.1. The Morgan fingerprint density at radius 3 is 2.29 bits per heavy atom. The summed E-state index contributed by atoms with van der Waals surface area (Å²) < 4.78 is 5.33. The molecule has 0 aliphatic carbocycles. The van der Waals surface area contributed by atoms with Crippen LogP contribution in [0.25, 0.3) is 0 Å². The van der Waals surface area contributed by atoms with Crippen molar-refractivity contribution in [1.29, 1.82) is 0 Å².